The Hall–Kier alpha value is -0.370. The van der Waals surface area contributed by atoms with E-state index in [4.69, 9.17) is 14.2 Å². The van der Waals surface area contributed by atoms with Crippen molar-refractivity contribution in [3.63, 3.8) is 0 Å². The maximum atomic E-state index is 12.4. The maximum Gasteiger partial charge on any atom is 0.364 e. The predicted octanol–water partition coefficient (Wildman–Crippen LogP) is 3.47. The Labute approximate surface area is 104 Å². The zero-order chi connectivity index (χ0) is 13.1. The lowest BCUT2D eigenvalue weighted by Gasteiger charge is -2.18. The molecule has 0 saturated carbocycles. The van der Waals surface area contributed by atoms with E-state index in [-0.39, 0.29) is 6.61 Å². The molecular weight excluding hydrogens is 239 g/mol. The Morgan fingerprint density at radius 3 is 2.24 bits per heavy atom. The molecule has 1 N–H and O–H groups in total. The Balaban J connectivity index is 4.48. The highest BCUT2D eigenvalue weighted by Crippen LogP contribution is 2.57. The van der Waals surface area contributed by atoms with E-state index in [1.807, 2.05) is 0 Å². The van der Waals surface area contributed by atoms with Crippen molar-refractivity contribution >= 4 is 7.60 Å². The largest absolute Gasteiger partial charge is 0.396 e. The van der Waals surface area contributed by atoms with Crippen LogP contribution in [0.15, 0.2) is 17.6 Å². The summed E-state index contributed by atoms with van der Waals surface area (Å²) in [4.78, 5) is 0. The maximum absolute atomic E-state index is 12.4. The monoisotopic (exact) mass is 262 g/mol. The van der Waals surface area contributed by atoms with E-state index < -0.39 is 7.60 Å². The summed E-state index contributed by atoms with van der Waals surface area (Å²) in [6.07, 6.45) is 3.03. The summed E-state index contributed by atoms with van der Waals surface area (Å²) in [6.45, 7) is 7.95. The van der Waals surface area contributed by atoms with Gasteiger partial charge >= 0.3 is 7.60 Å². The summed E-state index contributed by atoms with van der Waals surface area (Å²) >= 11 is 0. The lowest BCUT2D eigenvalue weighted by atomic mass is 10.2. The fourth-order valence-corrected chi connectivity index (χ4v) is 3.13. The third-order valence-corrected chi connectivity index (χ3v) is 4.44. The fraction of sp³-hybridized carbons (Fsp3) is 0.750. The van der Waals surface area contributed by atoms with Gasteiger partial charge in [0.15, 0.2) is 0 Å². The summed E-state index contributed by atoms with van der Waals surface area (Å²) in [5, 5.41) is 9.19. The van der Waals surface area contributed by atoms with Crippen molar-refractivity contribution in [3.05, 3.63) is 17.6 Å². The molecule has 4 nitrogen and oxygen atoms in total. The highest BCUT2D eigenvalue weighted by atomic mass is 31.2. The van der Waals surface area contributed by atoms with Gasteiger partial charge in [-0.3, -0.25) is 4.57 Å². The first-order chi connectivity index (χ1) is 8.14. The van der Waals surface area contributed by atoms with Crippen molar-refractivity contribution in [2.24, 2.45) is 0 Å². The Bertz CT molecular complexity index is 285. The Morgan fingerprint density at radius 1 is 1.24 bits per heavy atom. The van der Waals surface area contributed by atoms with E-state index in [0.29, 0.717) is 24.9 Å². The smallest absolute Gasteiger partial charge is 0.364 e. The second kappa shape index (κ2) is 9.64. The van der Waals surface area contributed by atoms with E-state index in [9.17, 15) is 4.57 Å². The highest BCUT2D eigenvalue weighted by molar-refractivity contribution is 7.58. The van der Waals surface area contributed by atoms with Gasteiger partial charge in [-0.15, -0.1) is 5.73 Å². The third kappa shape index (κ3) is 6.21. The summed E-state index contributed by atoms with van der Waals surface area (Å²) < 4.78 is 22.8. The molecule has 0 fully saturated rings. The number of hydrogen-bond acceptors (Lipinski definition) is 4. The highest BCUT2D eigenvalue weighted by Gasteiger charge is 2.28. The van der Waals surface area contributed by atoms with E-state index in [2.05, 4.69) is 12.3 Å². The summed E-state index contributed by atoms with van der Waals surface area (Å²) in [5.74, 6) is 0. The van der Waals surface area contributed by atoms with Crippen LogP contribution in [0.4, 0.5) is 0 Å². The number of allylic oxidation sites excluding steroid dienone is 1. The quantitative estimate of drug-likeness (QED) is 0.372. The zero-order valence-corrected chi connectivity index (χ0v) is 11.7. The summed E-state index contributed by atoms with van der Waals surface area (Å²) in [7, 11) is -3.20. The second-order valence-electron chi connectivity index (χ2n) is 3.49. The van der Waals surface area contributed by atoms with Crippen LogP contribution in [0.1, 0.15) is 39.5 Å². The Morgan fingerprint density at radius 2 is 1.82 bits per heavy atom. The number of unbranched alkanes of at least 4 members (excludes halogenated alkanes) is 2. The average molecular weight is 262 g/mol. The molecule has 0 unspecified atom stereocenters. The number of aliphatic hydroxyl groups excluding tert-OH is 1. The third-order valence-electron chi connectivity index (χ3n) is 2.20. The minimum Gasteiger partial charge on any atom is -0.396 e. The SMILES string of the molecule is C=C=C(CCCCCO)P(=O)(OCC)OCC. The predicted molar refractivity (Wildman–Crippen MR) is 69.1 cm³/mol. The average Bonchev–Trinajstić information content (AvgIpc) is 2.29. The van der Waals surface area contributed by atoms with Gasteiger partial charge in [-0.1, -0.05) is 13.0 Å². The molecule has 0 aliphatic heterocycles. The van der Waals surface area contributed by atoms with Gasteiger partial charge in [0.2, 0.25) is 0 Å². The van der Waals surface area contributed by atoms with Crippen LogP contribution >= 0.6 is 7.60 Å². The molecule has 0 radical (unpaired) electrons. The van der Waals surface area contributed by atoms with Gasteiger partial charge in [-0.05, 0) is 33.1 Å². The van der Waals surface area contributed by atoms with Gasteiger partial charge in [-0.2, -0.15) is 0 Å². The van der Waals surface area contributed by atoms with Gasteiger partial charge in [0.1, 0.15) is 0 Å². The van der Waals surface area contributed by atoms with Crippen molar-refractivity contribution in [2.45, 2.75) is 39.5 Å². The molecule has 0 spiro atoms. The van der Waals surface area contributed by atoms with Crippen LogP contribution < -0.4 is 0 Å². The molecule has 0 saturated heterocycles. The number of aliphatic hydroxyl groups is 1. The van der Waals surface area contributed by atoms with Crippen molar-refractivity contribution in [3.8, 4) is 0 Å². The van der Waals surface area contributed by atoms with Crippen LogP contribution in [0.3, 0.4) is 0 Å². The minimum absolute atomic E-state index is 0.182. The molecule has 5 heteroatoms. The molecule has 17 heavy (non-hydrogen) atoms. The molecule has 0 rings (SSSR count). The molecular formula is C12H23O4P. The zero-order valence-electron chi connectivity index (χ0n) is 10.8. The van der Waals surface area contributed by atoms with Gasteiger partial charge in [0, 0.05) is 6.61 Å². The van der Waals surface area contributed by atoms with E-state index in [1.165, 1.54) is 0 Å². The number of rotatable bonds is 10. The van der Waals surface area contributed by atoms with Gasteiger partial charge in [-0.25, -0.2) is 0 Å². The first-order valence-corrected chi connectivity index (χ1v) is 7.58. The fourth-order valence-electron chi connectivity index (χ4n) is 1.44. The normalized spacial score (nSPS) is 11.2. The standard InChI is InChI=1S/C12H23O4P/c1-4-12(10-8-7-9-11-13)17(14,15-5-2)16-6-3/h13H,1,5-11H2,2-3H3. The van der Waals surface area contributed by atoms with Crippen LogP contribution in [0.5, 0.6) is 0 Å². The van der Waals surface area contributed by atoms with Crippen LogP contribution in [0, 0.1) is 0 Å². The summed E-state index contributed by atoms with van der Waals surface area (Å²) in [5.41, 5.74) is 2.68. The van der Waals surface area contributed by atoms with Crippen LogP contribution in [-0.4, -0.2) is 24.9 Å². The van der Waals surface area contributed by atoms with Crippen LogP contribution in [0.2, 0.25) is 0 Å². The van der Waals surface area contributed by atoms with Crippen LogP contribution in [0.25, 0.3) is 0 Å². The first-order valence-electron chi connectivity index (χ1n) is 6.04. The van der Waals surface area contributed by atoms with Crippen molar-refractivity contribution < 1.29 is 18.7 Å². The minimum atomic E-state index is -3.20. The van der Waals surface area contributed by atoms with Gasteiger partial charge in [0.25, 0.3) is 0 Å². The lowest BCUT2D eigenvalue weighted by molar-refractivity contribution is 0.225. The molecule has 0 amide bonds. The number of hydrogen-bond donors (Lipinski definition) is 1. The van der Waals surface area contributed by atoms with E-state index >= 15 is 0 Å². The van der Waals surface area contributed by atoms with Crippen molar-refractivity contribution in [2.75, 3.05) is 19.8 Å². The molecule has 0 aliphatic carbocycles. The molecule has 0 heterocycles. The van der Waals surface area contributed by atoms with E-state index in [1.54, 1.807) is 13.8 Å². The molecule has 0 aromatic heterocycles. The summed E-state index contributed by atoms with van der Waals surface area (Å²) in [6, 6.07) is 0. The molecule has 100 valence electrons. The molecule has 0 aliphatic rings. The van der Waals surface area contributed by atoms with Gasteiger partial charge < -0.3 is 14.2 Å². The van der Waals surface area contributed by atoms with Crippen molar-refractivity contribution in [1.82, 2.24) is 0 Å². The molecule has 0 atom stereocenters. The molecule has 0 aromatic carbocycles. The van der Waals surface area contributed by atoms with E-state index in [0.717, 1.165) is 19.3 Å². The molecule has 0 bridgehead atoms. The van der Waals surface area contributed by atoms with Gasteiger partial charge in [0.05, 0.1) is 18.5 Å². The lowest BCUT2D eigenvalue weighted by Crippen LogP contribution is -1.99. The first kappa shape index (κ1) is 16.6. The van der Waals surface area contributed by atoms with Crippen molar-refractivity contribution in [1.29, 1.82) is 0 Å². The second-order valence-corrected chi connectivity index (χ2v) is 5.54. The van der Waals surface area contributed by atoms with Crippen LogP contribution in [-0.2, 0) is 13.6 Å². The molecule has 0 aromatic rings. The topological polar surface area (TPSA) is 55.8 Å². The Kier molecular flexibility index (Phi) is 9.43.